The first-order valence-corrected chi connectivity index (χ1v) is 14.0. The molecule has 1 aromatic carbocycles. The van der Waals surface area contributed by atoms with E-state index in [9.17, 15) is 17.6 Å². The Morgan fingerprint density at radius 1 is 1.37 bits per heavy atom. The van der Waals surface area contributed by atoms with Gasteiger partial charge in [0.25, 0.3) is 0 Å². The molecule has 2 aromatic rings. The van der Waals surface area contributed by atoms with E-state index in [2.05, 4.69) is 26.2 Å². The summed E-state index contributed by atoms with van der Waals surface area (Å²) >= 11 is 4.77. The molecule has 0 spiro atoms. The third kappa shape index (κ3) is 5.48. The second-order valence-electron chi connectivity index (χ2n) is 7.98. The number of carbonyl (C=O) groups excluding carboxylic acids is 1. The number of carbonyl (C=O) groups is 1. The number of sulfonamides is 1. The van der Waals surface area contributed by atoms with Gasteiger partial charge in [0.05, 0.1) is 25.0 Å². The van der Waals surface area contributed by atoms with E-state index >= 15 is 0 Å². The summed E-state index contributed by atoms with van der Waals surface area (Å²) in [6.45, 7) is 0.599. The highest BCUT2D eigenvalue weighted by Gasteiger charge is 2.40. The van der Waals surface area contributed by atoms with Gasteiger partial charge in [-0.3, -0.25) is 4.99 Å². The minimum atomic E-state index is -3.52. The molecule has 1 aromatic heterocycles. The molecular formula is C22H24BrFN4O5S2. The van der Waals surface area contributed by atoms with Gasteiger partial charge in [-0.15, -0.1) is 11.3 Å². The van der Waals surface area contributed by atoms with Crippen LogP contribution < -0.4 is 5.32 Å². The fraction of sp³-hybridized carbons (Fsp3) is 0.409. The van der Waals surface area contributed by atoms with E-state index in [1.54, 1.807) is 17.6 Å². The van der Waals surface area contributed by atoms with Crippen molar-refractivity contribution in [2.45, 2.75) is 12.5 Å². The molecule has 2 unspecified atom stereocenters. The van der Waals surface area contributed by atoms with E-state index in [-0.39, 0.29) is 30.4 Å². The zero-order chi connectivity index (χ0) is 25.2. The van der Waals surface area contributed by atoms with E-state index in [0.717, 1.165) is 0 Å². The molecule has 35 heavy (non-hydrogen) atoms. The quantitative estimate of drug-likeness (QED) is 0.473. The van der Waals surface area contributed by atoms with Gasteiger partial charge in [-0.25, -0.2) is 26.9 Å². The van der Waals surface area contributed by atoms with Crippen LogP contribution in [0.3, 0.4) is 0 Å². The van der Waals surface area contributed by atoms with Crippen molar-refractivity contribution >= 4 is 49.1 Å². The van der Waals surface area contributed by atoms with Gasteiger partial charge in [-0.2, -0.15) is 0 Å². The van der Waals surface area contributed by atoms with Gasteiger partial charge < -0.3 is 14.8 Å². The van der Waals surface area contributed by atoms with Gasteiger partial charge in [0.1, 0.15) is 11.9 Å². The van der Waals surface area contributed by atoms with Crippen LogP contribution in [0, 0.1) is 11.7 Å². The van der Waals surface area contributed by atoms with Crippen LogP contribution in [0.2, 0.25) is 0 Å². The minimum Gasteiger partial charge on any atom is -0.466 e. The third-order valence-electron chi connectivity index (χ3n) is 5.87. The van der Waals surface area contributed by atoms with Crippen molar-refractivity contribution in [3.05, 3.63) is 61.9 Å². The summed E-state index contributed by atoms with van der Waals surface area (Å²) in [6, 6.07) is 3.36. The lowest BCUT2D eigenvalue weighted by Crippen LogP contribution is -2.38. The van der Waals surface area contributed by atoms with E-state index < -0.39 is 27.9 Å². The molecule has 0 bridgehead atoms. The molecule has 13 heteroatoms. The Bertz CT molecular complexity index is 1270. The summed E-state index contributed by atoms with van der Waals surface area (Å²) in [5.41, 5.74) is 1.35. The minimum absolute atomic E-state index is 0.0966. The molecule has 0 saturated carbocycles. The molecular weight excluding hydrogens is 563 g/mol. The second kappa shape index (κ2) is 10.8. The fourth-order valence-electron chi connectivity index (χ4n) is 4.15. The number of halogens is 2. The van der Waals surface area contributed by atoms with Crippen LogP contribution in [0.1, 0.15) is 23.0 Å². The smallest absolute Gasteiger partial charge is 0.338 e. The number of amidine groups is 1. The highest BCUT2D eigenvalue weighted by atomic mass is 79.9. The van der Waals surface area contributed by atoms with Gasteiger partial charge in [0, 0.05) is 47.9 Å². The van der Waals surface area contributed by atoms with Gasteiger partial charge >= 0.3 is 5.97 Å². The number of thiazole rings is 1. The Hall–Kier alpha value is -2.19. The van der Waals surface area contributed by atoms with Gasteiger partial charge in [-0.05, 0) is 24.1 Å². The molecule has 1 fully saturated rings. The van der Waals surface area contributed by atoms with Crippen molar-refractivity contribution in [3.8, 4) is 0 Å². The van der Waals surface area contributed by atoms with Crippen molar-refractivity contribution in [2.75, 3.05) is 39.7 Å². The molecule has 0 amide bonds. The van der Waals surface area contributed by atoms with Crippen LogP contribution in [-0.4, -0.2) is 69.2 Å². The lowest BCUT2D eigenvalue weighted by atomic mass is 9.90. The predicted molar refractivity (Wildman–Crippen MR) is 133 cm³/mol. The van der Waals surface area contributed by atoms with Crippen LogP contribution in [0.15, 0.2) is 50.5 Å². The van der Waals surface area contributed by atoms with E-state index in [1.807, 2.05) is 0 Å². The number of aromatic nitrogens is 1. The molecule has 2 aliphatic heterocycles. The number of aliphatic imine (C=N–C) groups is 1. The number of benzene rings is 1. The molecule has 1 N–H and O–H groups in total. The van der Waals surface area contributed by atoms with Crippen LogP contribution in [0.4, 0.5) is 4.39 Å². The lowest BCUT2D eigenvalue weighted by Gasteiger charge is -2.30. The number of hydrogen-bond acceptors (Lipinski definition) is 9. The maximum absolute atomic E-state index is 13.8. The molecule has 9 nitrogen and oxygen atoms in total. The average molecular weight is 587 g/mol. The normalized spacial score (nSPS) is 21.1. The third-order valence-corrected chi connectivity index (χ3v) is 9.14. The standard InChI is InChI=1S/C22H24BrFN4O5S2/c1-32-8-10-35(30,31)28-7-5-13(12-28)18-17(22(29)33-2)19(15-4-3-14(24)11-16(15)23)27-20(26-18)21-25-6-9-34-21/h3-4,6,9,11,13,19H,5,7-8,10,12H2,1-2H3,(H,26,27). The van der Waals surface area contributed by atoms with Crippen LogP contribution in [0.5, 0.6) is 0 Å². The van der Waals surface area contributed by atoms with E-state index in [4.69, 9.17) is 14.5 Å². The summed E-state index contributed by atoms with van der Waals surface area (Å²) in [7, 11) is -0.788. The number of methoxy groups -OCH3 is 2. The monoisotopic (exact) mass is 586 g/mol. The first kappa shape index (κ1) is 25.9. The zero-order valence-electron chi connectivity index (χ0n) is 19.0. The SMILES string of the molecule is COCCS(=O)(=O)N1CCC(C2=C(C(=O)OC)C(c3ccc(F)cc3Br)N=C(c3nccs3)N2)C1. The highest BCUT2D eigenvalue weighted by molar-refractivity contribution is 9.10. The topological polar surface area (TPSA) is 110 Å². The number of ether oxygens (including phenoxy) is 2. The Kier molecular flexibility index (Phi) is 8.01. The fourth-order valence-corrected chi connectivity index (χ4v) is 6.73. The molecule has 3 heterocycles. The van der Waals surface area contributed by atoms with Crippen molar-refractivity contribution in [1.29, 1.82) is 0 Å². The maximum Gasteiger partial charge on any atom is 0.338 e. The molecule has 0 aliphatic carbocycles. The predicted octanol–water partition coefficient (Wildman–Crippen LogP) is 2.86. The number of hydrogen-bond donors (Lipinski definition) is 1. The maximum atomic E-state index is 13.8. The number of nitrogens with zero attached hydrogens (tertiary/aromatic N) is 3. The summed E-state index contributed by atoms with van der Waals surface area (Å²) in [4.78, 5) is 22.2. The molecule has 1 saturated heterocycles. The van der Waals surface area contributed by atoms with Gasteiger partial charge in [0.15, 0.2) is 10.8 Å². The Balaban J connectivity index is 1.79. The first-order chi connectivity index (χ1) is 16.7. The molecule has 0 radical (unpaired) electrons. The summed E-state index contributed by atoms with van der Waals surface area (Å²) in [6.07, 6.45) is 2.14. The lowest BCUT2D eigenvalue weighted by molar-refractivity contribution is -0.136. The summed E-state index contributed by atoms with van der Waals surface area (Å²) in [5.74, 6) is -1.02. The number of nitrogens with one attached hydrogen (secondary N) is 1. The number of rotatable bonds is 8. The largest absolute Gasteiger partial charge is 0.466 e. The summed E-state index contributed by atoms with van der Waals surface area (Å²) in [5, 5.41) is 5.67. The molecule has 4 rings (SSSR count). The van der Waals surface area contributed by atoms with Crippen molar-refractivity contribution in [1.82, 2.24) is 14.6 Å². The Labute approximate surface area is 215 Å². The average Bonchev–Trinajstić information content (AvgIpc) is 3.55. The first-order valence-electron chi connectivity index (χ1n) is 10.7. The van der Waals surface area contributed by atoms with Crippen molar-refractivity contribution in [2.24, 2.45) is 10.9 Å². The Morgan fingerprint density at radius 3 is 2.83 bits per heavy atom. The van der Waals surface area contributed by atoms with Crippen molar-refractivity contribution < 1.29 is 27.1 Å². The molecule has 2 atom stereocenters. The van der Waals surface area contributed by atoms with E-state index in [1.165, 1.54) is 42.0 Å². The second-order valence-corrected chi connectivity index (χ2v) is 11.8. The highest BCUT2D eigenvalue weighted by Crippen LogP contribution is 2.40. The van der Waals surface area contributed by atoms with E-state index in [0.29, 0.717) is 39.5 Å². The molecule has 2 aliphatic rings. The number of esters is 1. The summed E-state index contributed by atoms with van der Waals surface area (Å²) < 4.78 is 51.3. The van der Waals surface area contributed by atoms with Gasteiger partial charge in [0.2, 0.25) is 10.0 Å². The van der Waals surface area contributed by atoms with Crippen LogP contribution in [0.25, 0.3) is 0 Å². The molecule has 188 valence electrons. The Morgan fingerprint density at radius 2 is 2.17 bits per heavy atom. The van der Waals surface area contributed by atoms with Crippen molar-refractivity contribution in [3.63, 3.8) is 0 Å². The zero-order valence-corrected chi connectivity index (χ0v) is 22.3. The van der Waals surface area contributed by atoms with Crippen LogP contribution in [-0.2, 0) is 24.3 Å². The van der Waals surface area contributed by atoms with Crippen LogP contribution >= 0.6 is 27.3 Å². The van der Waals surface area contributed by atoms with Gasteiger partial charge in [-0.1, -0.05) is 22.0 Å².